The second-order valence-electron chi connectivity index (χ2n) is 6.62. The van der Waals surface area contributed by atoms with E-state index in [1.807, 2.05) is 0 Å². The van der Waals surface area contributed by atoms with E-state index in [-0.39, 0.29) is 22.8 Å². The van der Waals surface area contributed by atoms with Gasteiger partial charge >= 0.3 is 0 Å². The second-order valence-corrected chi connectivity index (χ2v) is 9.47. The van der Waals surface area contributed by atoms with Gasteiger partial charge in [-0.3, -0.25) is 4.79 Å². The van der Waals surface area contributed by atoms with Gasteiger partial charge in [-0.05, 0) is 42.3 Å². The van der Waals surface area contributed by atoms with Crippen molar-refractivity contribution in [2.45, 2.75) is 17.7 Å². The van der Waals surface area contributed by atoms with Crippen LogP contribution in [0.5, 0.6) is 0 Å². The molecule has 0 radical (unpaired) electrons. The number of rotatable bonds is 7. The number of hydrazone groups is 1. The molecule has 2 aromatic rings. The Morgan fingerprint density at radius 1 is 1.20 bits per heavy atom. The number of hydrogen-bond acceptors (Lipinski definition) is 5. The lowest BCUT2D eigenvalue weighted by Crippen LogP contribution is -2.40. The highest BCUT2D eigenvalue weighted by Crippen LogP contribution is 2.18. The highest BCUT2D eigenvalue weighted by molar-refractivity contribution is 9.10. The van der Waals surface area contributed by atoms with Crippen molar-refractivity contribution >= 4 is 38.1 Å². The van der Waals surface area contributed by atoms with Crippen LogP contribution < -0.4 is 5.43 Å². The van der Waals surface area contributed by atoms with Gasteiger partial charge in [-0.25, -0.2) is 18.2 Å². The van der Waals surface area contributed by atoms with Crippen molar-refractivity contribution < 1.29 is 22.3 Å². The monoisotopic (exact) mass is 497 g/mol. The number of morpholine rings is 1. The summed E-state index contributed by atoms with van der Waals surface area (Å²) in [6, 6.07) is 10.9. The molecule has 1 amide bonds. The molecule has 30 heavy (non-hydrogen) atoms. The smallest absolute Gasteiger partial charge is 0.243 e. The molecule has 2 aromatic carbocycles. The molecule has 160 valence electrons. The Balaban J connectivity index is 1.51. The molecule has 1 N–H and O–H groups in total. The number of benzene rings is 2. The second kappa shape index (κ2) is 10.3. The lowest BCUT2D eigenvalue weighted by Gasteiger charge is -2.26. The maximum absolute atomic E-state index is 13.6. The summed E-state index contributed by atoms with van der Waals surface area (Å²) >= 11 is 3.25. The van der Waals surface area contributed by atoms with Crippen LogP contribution in [0.15, 0.2) is 56.9 Å². The van der Waals surface area contributed by atoms with Gasteiger partial charge in [0.1, 0.15) is 5.82 Å². The Kier molecular flexibility index (Phi) is 7.70. The van der Waals surface area contributed by atoms with Gasteiger partial charge in [-0.2, -0.15) is 9.41 Å². The van der Waals surface area contributed by atoms with E-state index in [0.29, 0.717) is 37.2 Å². The van der Waals surface area contributed by atoms with Crippen molar-refractivity contribution in [2.24, 2.45) is 5.10 Å². The van der Waals surface area contributed by atoms with Crippen LogP contribution in [0.2, 0.25) is 0 Å². The summed E-state index contributed by atoms with van der Waals surface area (Å²) in [4.78, 5) is 12.2. The molecule has 0 aliphatic carbocycles. The molecule has 0 saturated carbocycles. The minimum atomic E-state index is -3.53. The zero-order chi connectivity index (χ0) is 21.6. The zero-order valence-corrected chi connectivity index (χ0v) is 18.5. The van der Waals surface area contributed by atoms with Crippen LogP contribution in [0.25, 0.3) is 0 Å². The van der Waals surface area contributed by atoms with E-state index in [1.165, 1.54) is 16.6 Å². The number of sulfonamides is 1. The fourth-order valence-corrected chi connectivity index (χ4v) is 4.65. The van der Waals surface area contributed by atoms with Crippen molar-refractivity contribution in [1.82, 2.24) is 9.73 Å². The van der Waals surface area contributed by atoms with Crippen molar-refractivity contribution in [3.63, 3.8) is 0 Å². The van der Waals surface area contributed by atoms with Gasteiger partial charge in [0.15, 0.2) is 0 Å². The summed E-state index contributed by atoms with van der Waals surface area (Å²) in [5.41, 5.74) is 3.44. The van der Waals surface area contributed by atoms with Crippen molar-refractivity contribution in [3.8, 4) is 0 Å². The predicted molar refractivity (Wildman–Crippen MR) is 114 cm³/mol. The molecule has 1 aliphatic heterocycles. The van der Waals surface area contributed by atoms with Crippen LogP contribution in [0.3, 0.4) is 0 Å². The summed E-state index contributed by atoms with van der Waals surface area (Å²) in [5.74, 6) is -0.769. The summed E-state index contributed by atoms with van der Waals surface area (Å²) in [6.45, 7) is 1.47. The van der Waals surface area contributed by atoms with Gasteiger partial charge in [-0.15, -0.1) is 0 Å². The van der Waals surface area contributed by atoms with Crippen molar-refractivity contribution in [1.29, 1.82) is 0 Å². The number of carbonyl (C=O) groups excluding carboxylic acids is 1. The van der Waals surface area contributed by atoms with Gasteiger partial charge in [0.05, 0.1) is 24.3 Å². The summed E-state index contributed by atoms with van der Waals surface area (Å²) in [7, 11) is -3.53. The molecule has 0 aromatic heterocycles. The molecule has 0 atom stereocenters. The minimum Gasteiger partial charge on any atom is -0.379 e. The molecule has 1 fully saturated rings. The number of aryl methyl sites for hydroxylation is 1. The lowest BCUT2D eigenvalue weighted by atomic mass is 10.1. The number of ether oxygens (including phenoxy) is 1. The van der Waals surface area contributed by atoms with Gasteiger partial charge in [0.2, 0.25) is 15.9 Å². The van der Waals surface area contributed by atoms with Crippen molar-refractivity contribution in [2.75, 3.05) is 26.3 Å². The average molecular weight is 498 g/mol. The SMILES string of the molecule is O=C(CCc1ccc(S(=O)(=O)N2CCOCC2)cc1)N/N=C/c1cc(Br)ccc1F. The van der Waals surface area contributed by atoms with Crippen LogP contribution >= 0.6 is 15.9 Å². The highest BCUT2D eigenvalue weighted by atomic mass is 79.9. The van der Waals surface area contributed by atoms with Crippen LogP contribution in [0.4, 0.5) is 4.39 Å². The quantitative estimate of drug-likeness (QED) is 0.470. The molecule has 1 heterocycles. The molecule has 3 rings (SSSR count). The fraction of sp³-hybridized carbons (Fsp3) is 0.300. The maximum atomic E-state index is 13.6. The first kappa shape index (κ1) is 22.5. The Morgan fingerprint density at radius 2 is 1.90 bits per heavy atom. The minimum absolute atomic E-state index is 0.161. The molecule has 0 bridgehead atoms. The van der Waals surface area contributed by atoms with Gasteiger partial charge in [-0.1, -0.05) is 28.1 Å². The third-order valence-electron chi connectivity index (χ3n) is 4.52. The lowest BCUT2D eigenvalue weighted by molar-refractivity contribution is -0.121. The number of halogens is 2. The molecular weight excluding hydrogens is 477 g/mol. The van der Waals surface area contributed by atoms with E-state index >= 15 is 0 Å². The summed E-state index contributed by atoms with van der Waals surface area (Å²) in [6.07, 6.45) is 1.82. The number of hydrogen-bond donors (Lipinski definition) is 1. The van der Waals surface area contributed by atoms with E-state index in [1.54, 1.807) is 36.4 Å². The summed E-state index contributed by atoms with van der Waals surface area (Å²) in [5, 5.41) is 3.77. The topological polar surface area (TPSA) is 88.1 Å². The average Bonchev–Trinajstić information content (AvgIpc) is 2.75. The van der Waals surface area contributed by atoms with Crippen LogP contribution in [-0.4, -0.2) is 51.1 Å². The van der Waals surface area contributed by atoms with Gasteiger partial charge in [0.25, 0.3) is 0 Å². The van der Waals surface area contributed by atoms with Gasteiger partial charge < -0.3 is 4.74 Å². The molecule has 1 aliphatic rings. The van der Waals surface area contributed by atoms with Crippen LogP contribution in [0, 0.1) is 5.82 Å². The molecule has 0 unspecified atom stereocenters. The molecule has 7 nitrogen and oxygen atoms in total. The van der Waals surface area contributed by atoms with E-state index in [9.17, 15) is 17.6 Å². The zero-order valence-electron chi connectivity index (χ0n) is 16.1. The number of amides is 1. The Morgan fingerprint density at radius 3 is 2.60 bits per heavy atom. The highest BCUT2D eigenvalue weighted by Gasteiger charge is 2.26. The third-order valence-corrected chi connectivity index (χ3v) is 6.93. The Labute approximate surface area is 183 Å². The number of carbonyl (C=O) groups is 1. The normalized spacial score (nSPS) is 15.4. The third kappa shape index (κ3) is 5.94. The van der Waals surface area contributed by atoms with Gasteiger partial charge in [0, 0.05) is 29.5 Å². The Bertz CT molecular complexity index is 1020. The van der Waals surface area contributed by atoms with Crippen LogP contribution in [-0.2, 0) is 26.0 Å². The maximum Gasteiger partial charge on any atom is 0.243 e. The van der Waals surface area contributed by atoms with E-state index < -0.39 is 15.8 Å². The molecule has 10 heteroatoms. The Hall–Kier alpha value is -2.14. The first-order chi connectivity index (χ1) is 14.4. The van der Waals surface area contributed by atoms with Crippen molar-refractivity contribution in [3.05, 3.63) is 63.9 Å². The predicted octanol–water partition coefficient (Wildman–Crippen LogP) is 2.69. The standard InChI is InChI=1S/C20H21BrFN3O4S/c21-17-4-7-19(22)16(13-17)14-23-24-20(26)8-3-15-1-5-18(6-2-15)30(27,28)25-9-11-29-12-10-25/h1-2,4-7,13-14H,3,8-12H2,(H,24,26)/b23-14+. The largest absolute Gasteiger partial charge is 0.379 e. The van der Waals surface area contributed by atoms with E-state index in [4.69, 9.17) is 4.74 Å². The van der Waals surface area contributed by atoms with Crippen LogP contribution in [0.1, 0.15) is 17.5 Å². The van der Waals surface area contributed by atoms with E-state index in [0.717, 1.165) is 5.56 Å². The molecular formula is C20H21BrFN3O4S. The first-order valence-corrected chi connectivity index (χ1v) is 11.5. The fourth-order valence-electron chi connectivity index (χ4n) is 2.87. The molecule has 0 spiro atoms. The number of nitrogens with zero attached hydrogens (tertiary/aromatic N) is 2. The van der Waals surface area contributed by atoms with E-state index in [2.05, 4.69) is 26.5 Å². The first-order valence-electron chi connectivity index (χ1n) is 9.30. The number of nitrogens with one attached hydrogen (secondary N) is 1. The molecule has 1 saturated heterocycles. The summed E-state index contributed by atoms with van der Waals surface area (Å²) < 4.78 is 46.1.